The van der Waals surface area contributed by atoms with E-state index >= 15 is 0 Å². The Morgan fingerprint density at radius 3 is 2.81 bits per heavy atom. The highest BCUT2D eigenvalue weighted by Crippen LogP contribution is 2.18. The SMILES string of the molecule is CCc1ccc(C(=O)Cc2ccn(C)n2)s1. The molecule has 0 aliphatic carbocycles. The Hall–Kier alpha value is -1.42. The van der Waals surface area contributed by atoms with Gasteiger partial charge in [0.1, 0.15) is 0 Å². The fourth-order valence-corrected chi connectivity index (χ4v) is 2.41. The fourth-order valence-electron chi connectivity index (χ4n) is 1.53. The zero-order valence-corrected chi connectivity index (χ0v) is 10.3. The summed E-state index contributed by atoms with van der Waals surface area (Å²) in [5, 5.41) is 4.20. The van der Waals surface area contributed by atoms with Crippen LogP contribution < -0.4 is 0 Å². The highest BCUT2D eigenvalue weighted by molar-refractivity contribution is 7.14. The summed E-state index contributed by atoms with van der Waals surface area (Å²) in [4.78, 5) is 14.0. The van der Waals surface area contributed by atoms with E-state index in [0.717, 1.165) is 17.0 Å². The molecule has 0 unspecified atom stereocenters. The molecule has 4 heteroatoms. The normalized spacial score (nSPS) is 10.6. The molecule has 0 saturated carbocycles. The molecule has 2 heterocycles. The number of hydrogen-bond acceptors (Lipinski definition) is 3. The summed E-state index contributed by atoms with van der Waals surface area (Å²) in [6, 6.07) is 5.82. The lowest BCUT2D eigenvalue weighted by molar-refractivity contribution is 0.0995. The van der Waals surface area contributed by atoms with Crippen molar-refractivity contribution in [3.63, 3.8) is 0 Å². The minimum absolute atomic E-state index is 0.156. The van der Waals surface area contributed by atoms with Gasteiger partial charge in [0.05, 0.1) is 17.0 Å². The fraction of sp³-hybridized carbons (Fsp3) is 0.333. The average molecular weight is 234 g/mol. The van der Waals surface area contributed by atoms with E-state index < -0.39 is 0 Å². The molecule has 0 radical (unpaired) electrons. The first kappa shape index (κ1) is 11.1. The second-order valence-electron chi connectivity index (χ2n) is 3.70. The Morgan fingerprint density at radius 1 is 1.44 bits per heavy atom. The number of aromatic nitrogens is 2. The van der Waals surface area contributed by atoms with E-state index in [1.54, 1.807) is 16.0 Å². The molecule has 0 spiro atoms. The van der Waals surface area contributed by atoms with E-state index in [9.17, 15) is 4.79 Å². The number of Topliss-reactive ketones (excluding diaryl/α,β-unsaturated/α-hetero) is 1. The van der Waals surface area contributed by atoms with E-state index in [-0.39, 0.29) is 5.78 Å². The lowest BCUT2D eigenvalue weighted by atomic mass is 10.2. The summed E-state index contributed by atoms with van der Waals surface area (Å²) in [6.45, 7) is 2.10. The highest BCUT2D eigenvalue weighted by atomic mass is 32.1. The third-order valence-corrected chi connectivity index (χ3v) is 3.67. The van der Waals surface area contributed by atoms with Crippen molar-refractivity contribution in [2.45, 2.75) is 19.8 Å². The number of aryl methyl sites for hydroxylation is 2. The molecule has 0 aliphatic heterocycles. The van der Waals surface area contributed by atoms with Crippen LogP contribution in [0.4, 0.5) is 0 Å². The lowest BCUT2D eigenvalue weighted by Crippen LogP contribution is -2.02. The van der Waals surface area contributed by atoms with Crippen molar-refractivity contribution in [1.29, 1.82) is 0 Å². The van der Waals surface area contributed by atoms with Crippen molar-refractivity contribution in [1.82, 2.24) is 9.78 Å². The van der Waals surface area contributed by atoms with E-state index in [2.05, 4.69) is 12.0 Å². The molecular formula is C12H14N2OS. The number of carbonyl (C=O) groups is 1. The van der Waals surface area contributed by atoms with Crippen LogP contribution in [0.25, 0.3) is 0 Å². The van der Waals surface area contributed by atoms with E-state index in [0.29, 0.717) is 6.42 Å². The van der Waals surface area contributed by atoms with Crippen molar-refractivity contribution >= 4 is 17.1 Å². The molecule has 0 N–H and O–H groups in total. The van der Waals surface area contributed by atoms with E-state index in [1.165, 1.54) is 4.88 Å². The molecule has 0 bridgehead atoms. The molecule has 0 atom stereocenters. The first-order valence-electron chi connectivity index (χ1n) is 5.29. The van der Waals surface area contributed by atoms with Crippen LogP contribution in [0.2, 0.25) is 0 Å². The average Bonchev–Trinajstić information content (AvgIpc) is 2.87. The topological polar surface area (TPSA) is 34.9 Å². The number of hydrogen-bond donors (Lipinski definition) is 0. The largest absolute Gasteiger partial charge is 0.293 e. The predicted octanol–water partition coefficient (Wildman–Crippen LogP) is 2.47. The van der Waals surface area contributed by atoms with Gasteiger partial charge in [-0.3, -0.25) is 9.48 Å². The molecule has 2 aromatic heterocycles. The standard InChI is InChI=1S/C12H14N2OS/c1-3-10-4-5-12(16-10)11(15)8-9-6-7-14(2)13-9/h4-7H,3,8H2,1-2H3. The first-order valence-corrected chi connectivity index (χ1v) is 6.11. The van der Waals surface area contributed by atoms with Crippen LogP contribution in [-0.2, 0) is 19.9 Å². The monoisotopic (exact) mass is 234 g/mol. The summed E-state index contributed by atoms with van der Waals surface area (Å²) in [5.41, 5.74) is 0.832. The summed E-state index contributed by atoms with van der Waals surface area (Å²) in [6.07, 6.45) is 3.24. The van der Waals surface area contributed by atoms with Gasteiger partial charge in [0.15, 0.2) is 5.78 Å². The lowest BCUT2D eigenvalue weighted by Gasteiger charge is -1.94. The van der Waals surface area contributed by atoms with E-state index in [1.807, 2.05) is 31.4 Å². The second-order valence-corrected chi connectivity index (χ2v) is 4.87. The Kier molecular flexibility index (Phi) is 3.19. The third-order valence-electron chi connectivity index (χ3n) is 2.40. The number of ketones is 1. The molecular weight excluding hydrogens is 220 g/mol. The molecule has 0 amide bonds. The summed E-state index contributed by atoms with van der Waals surface area (Å²) in [7, 11) is 1.86. The molecule has 84 valence electrons. The molecule has 0 saturated heterocycles. The van der Waals surface area contributed by atoms with Gasteiger partial charge in [-0.15, -0.1) is 11.3 Å². The third kappa shape index (κ3) is 2.39. The molecule has 0 fully saturated rings. The zero-order valence-electron chi connectivity index (χ0n) is 9.43. The van der Waals surface area contributed by atoms with Gasteiger partial charge in [0.25, 0.3) is 0 Å². The van der Waals surface area contributed by atoms with Crippen molar-refractivity contribution in [3.05, 3.63) is 39.8 Å². The minimum Gasteiger partial charge on any atom is -0.293 e. The maximum absolute atomic E-state index is 11.9. The van der Waals surface area contributed by atoms with Crippen LogP contribution in [0.3, 0.4) is 0 Å². The first-order chi connectivity index (χ1) is 7.69. The van der Waals surface area contributed by atoms with Crippen molar-refractivity contribution in [2.75, 3.05) is 0 Å². The van der Waals surface area contributed by atoms with Crippen molar-refractivity contribution in [2.24, 2.45) is 7.05 Å². The van der Waals surface area contributed by atoms with Crippen LogP contribution in [0.5, 0.6) is 0 Å². The molecule has 16 heavy (non-hydrogen) atoms. The van der Waals surface area contributed by atoms with Gasteiger partial charge in [-0.2, -0.15) is 5.10 Å². The number of nitrogens with zero attached hydrogens (tertiary/aromatic N) is 2. The molecule has 2 aromatic rings. The molecule has 0 aliphatic rings. The van der Waals surface area contributed by atoms with Gasteiger partial charge in [-0.25, -0.2) is 0 Å². The van der Waals surface area contributed by atoms with Crippen molar-refractivity contribution in [3.8, 4) is 0 Å². The van der Waals surface area contributed by atoms with Gasteiger partial charge < -0.3 is 0 Å². The van der Waals surface area contributed by atoms with Crippen LogP contribution in [0, 0.1) is 0 Å². The second kappa shape index (κ2) is 4.61. The quantitative estimate of drug-likeness (QED) is 0.762. The highest BCUT2D eigenvalue weighted by Gasteiger charge is 2.11. The Labute approximate surface area is 98.7 Å². The van der Waals surface area contributed by atoms with E-state index in [4.69, 9.17) is 0 Å². The zero-order chi connectivity index (χ0) is 11.5. The number of thiophene rings is 1. The summed E-state index contributed by atoms with van der Waals surface area (Å²) >= 11 is 1.58. The van der Waals surface area contributed by atoms with Gasteiger partial charge in [-0.05, 0) is 24.6 Å². The van der Waals surface area contributed by atoms with Crippen LogP contribution in [0.15, 0.2) is 24.4 Å². The molecule has 0 aromatic carbocycles. The van der Waals surface area contributed by atoms with Crippen LogP contribution >= 0.6 is 11.3 Å². The van der Waals surface area contributed by atoms with Gasteiger partial charge >= 0.3 is 0 Å². The maximum atomic E-state index is 11.9. The number of carbonyl (C=O) groups excluding carboxylic acids is 1. The predicted molar refractivity (Wildman–Crippen MR) is 64.9 cm³/mol. The van der Waals surface area contributed by atoms with Crippen LogP contribution in [-0.4, -0.2) is 15.6 Å². The number of rotatable bonds is 4. The van der Waals surface area contributed by atoms with Crippen molar-refractivity contribution < 1.29 is 4.79 Å². The summed E-state index contributed by atoms with van der Waals surface area (Å²) < 4.78 is 1.72. The minimum atomic E-state index is 0.156. The van der Waals surface area contributed by atoms with Crippen LogP contribution in [0.1, 0.15) is 27.2 Å². The summed E-state index contributed by atoms with van der Waals surface area (Å²) in [5.74, 6) is 0.156. The van der Waals surface area contributed by atoms with Gasteiger partial charge in [0, 0.05) is 18.1 Å². The maximum Gasteiger partial charge on any atom is 0.178 e. The Bertz CT molecular complexity index is 499. The molecule has 2 rings (SSSR count). The Morgan fingerprint density at radius 2 is 2.25 bits per heavy atom. The molecule has 3 nitrogen and oxygen atoms in total. The Balaban J connectivity index is 2.08. The van der Waals surface area contributed by atoms with Gasteiger partial charge in [-0.1, -0.05) is 6.92 Å². The van der Waals surface area contributed by atoms with Gasteiger partial charge in [0.2, 0.25) is 0 Å². The smallest absolute Gasteiger partial charge is 0.178 e.